The lowest BCUT2D eigenvalue weighted by Gasteiger charge is -2.16. The largest absolute Gasteiger partial charge is 0.493 e. The third-order valence-electron chi connectivity index (χ3n) is 3.05. The van der Waals surface area contributed by atoms with E-state index in [1.165, 1.54) is 11.1 Å². The zero-order chi connectivity index (χ0) is 12.8. The molecule has 2 nitrogen and oxygen atoms in total. The Morgan fingerprint density at radius 1 is 1.28 bits per heavy atom. The summed E-state index contributed by atoms with van der Waals surface area (Å²) >= 11 is 1.73. The van der Waals surface area contributed by atoms with Gasteiger partial charge >= 0.3 is 0 Å². The minimum atomic E-state index is 0.308. The molecule has 2 aromatic rings. The van der Waals surface area contributed by atoms with Crippen LogP contribution in [0.25, 0.3) is 0 Å². The fourth-order valence-electron chi connectivity index (χ4n) is 1.84. The van der Waals surface area contributed by atoms with Crippen LogP contribution in [0.4, 0.5) is 0 Å². The zero-order valence-corrected chi connectivity index (χ0v) is 11.7. The van der Waals surface area contributed by atoms with Gasteiger partial charge in [0.25, 0.3) is 0 Å². The van der Waals surface area contributed by atoms with E-state index >= 15 is 0 Å². The molecule has 18 heavy (non-hydrogen) atoms. The molecule has 1 aromatic heterocycles. The maximum atomic E-state index is 5.90. The van der Waals surface area contributed by atoms with Crippen LogP contribution in [0.5, 0.6) is 5.75 Å². The van der Waals surface area contributed by atoms with Crippen LogP contribution in [0.3, 0.4) is 0 Å². The number of benzene rings is 1. The van der Waals surface area contributed by atoms with Crippen molar-refractivity contribution in [3.05, 3.63) is 52.2 Å². The molecule has 0 radical (unpaired) electrons. The summed E-state index contributed by atoms with van der Waals surface area (Å²) in [5, 5.41) is 7.52. The molecular formula is C15H19NOS. The predicted octanol–water partition coefficient (Wildman–Crippen LogP) is 3.65. The minimum Gasteiger partial charge on any atom is -0.493 e. The van der Waals surface area contributed by atoms with Crippen molar-refractivity contribution in [1.29, 1.82) is 0 Å². The molecule has 1 unspecified atom stereocenters. The Balaban J connectivity index is 1.96. The Morgan fingerprint density at radius 2 is 2.11 bits per heavy atom. The van der Waals surface area contributed by atoms with Gasteiger partial charge < -0.3 is 10.1 Å². The zero-order valence-electron chi connectivity index (χ0n) is 10.8. The molecule has 0 saturated carbocycles. The Labute approximate surface area is 113 Å². The lowest BCUT2D eigenvalue weighted by atomic mass is 10.1. The smallest absolute Gasteiger partial charge is 0.124 e. The highest BCUT2D eigenvalue weighted by Crippen LogP contribution is 2.24. The molecular weight excluding hydrogens is 242 g/mol. The molecule has 0 aliphatic heterocycles. The standard InChI is InChI=1S/C15H19NOS/c1-12(16-2)14-5-3-4-6-15(14)17-9-7-13-8-10-18-11-13/h3-6,8,10-12,16H,7,9H2,1-2H3. The van der Waals surface area contributed by atoms with E-state index in [-0.39, 0.29) is 0 Å². The Morgan fingerprint density at radius 3 is 2.83 bits per heavy atom. The molecule has 0 amide bonds. The average molecular weight is 261 g/mol. The highest BCUT2D eigenvalue weighted by atomic mass is 32.1. The van der Waals surface area contributed by atoms with E-state index in [9.17, 15) is 0 Å². The third kappa shape index (κ3) is 3.34. The van der Waals surface area contributed by atoms with Crippen LogP contribution >= 0.6 is 11.3 Å². The summed E-state index contributed by atoms with van der Waals surface area (Å²) < 4.78 is 5.90. The van der Waals surface area contributed by atoms with Crippen molar-refractivity contribution in [2.45, 2.75) is 19.4 Å². The predicted molar refractivity (Wildman–Crippen MR) is 77.4 cm³/mol. The summed E-state index contributed by atoms with van der Waals surface area (Å²) in [7, 11) is 1.97. The number of hydrogen-bond acceptors (Lipinski definition) is 3. The number of para-hydroxylation sites is 1. The number of nitrogens with one attached hydrogen (secondary N) is 1. The summed E-state index contributed by atoms with van der Waals surface area (Å²) in [4.78, 5) is 0. The van der Waals surface area contributed by atoms with Gasteiger partial charge in [-0.1, -0.05) is 18.2 Å². The third-order valence-corrected chi connectivity index (χ3v) is 3.78. The average Bonchev–Trinajstić information content (AvgIpc) is 2.92. The Hall–Kier alpha value is -1.32. The highest BCUT2D eigenvalue weighted by molar-refractivity contribution is 7.07. The number of thiophene rings is 1. The molecule has 0 saturated heterocycles. The molecule has 1 aromatic carbocycles. The molecule has 1 heterocycles. The van der Waals surface area contributed by atoms with Crippen molar-refractivity contribution in [2.75, 3.05) is 13.7 Å². The molecule has 0 spiro atoms. The lowest BCUT2D eigenvalue weighted by Crippen LogP contribution is -2.14. The van der Waals surface area contributed by atoms with E-state index in [0.29, 0.717) is 6.04 Å². The number of rotatable bonds is 6. The normalized spacial score (nSPS) is 12.3. The van der Waals surface area contributed by atoms with Gasteiger partial charge in [0.05, 0.1) is 6.61 Å². The molecule has 1 N–H and O–H groups in total. The van der Waals surface area contributed by atoms with Crippen LogP contribution in [-0.4, -0.2) is 13.7 Å². The van der Waals surface area contributed by atoms with Crippen LogP contribution < -0.4 is 10.1 Å². The van der Waals surface area contributed by atoms with Crippen molar-refractivity contribution in [1.82, 2.24) is 5.32 Å². The van der Waals surface area contributed by atoms with E-state index in [1.807, 2.05) is 19.2 Å². The van der Waals surface area contributed by atoms with Gasteiger partial charge in [-0.2, -0.15) is 11.3 Å². The minimum absolute atomic E-state index is 0.308. The first-order chi connectivity index (χ1) is 8.81. The fourth-order valence-corrected chi connectivity index (χ4v) is 2.54. The molecule has 0 bridgehead atoms. The van der Waals surface area contributed by atoms with Crippen molar-refractivity contribution in [3.63, 3.8) is 0 Å². The van der Waals surface area contributed by atoms with Gasteiger partial charge in [0.15, 0.2) is 0 Å². The molecule has 1 atom stereocenters. The molecule has 0 aliphatic carbocycles. The summed E-state index contributed by atoms with van der Waals surface area (Å²) in [5.74, 6) is 0.981. The number of hydrogen-bond donors (Lipinski definition) is 1. The molecule has 0 aliphatic rings. The van der Waals surface area contributed by atoms with Crippen LogP contribution in [0.15, 0.2) is 41.1 Å². The van der Waals surface area contributed by atoms with Crippen LogP contribution in [-0.2, 0) is 6.42 Å². The maximum absolute atomic E-state index is 5.90. The van der Waals surface area contributed by atoms with Crippen molar-refractivity contribution in [3.8, 4) is 5.75 Å². The van der Waals surface area contributed by atoms with Crippen LogP contribution in [0.1, 0.15) is 24.1 Å². The van der Waals surface area contributed by atoms with Crippen LogP contribution in [0, 0.1) is 0 Å². The van der Waals surface area contributed by atoms with Gasteiger partial charge in [-0.05, 0) is 42.4 Å². The Bertz CT molecular complexity index is 467. The summed E-state index contributed by atoms with van der Waals surface area (Å²) in [6.07, 6.45) is 0.964. The summed E-state index contributed by atoms with van der Waals surface area (Å²) in [6.45, 7) is 2.87. The van der Waals surface area contributed by atoms with Gasteiger partial charge in [0, 0.05) is 18.0 Å². The lowest BCUT2D eigenvalue weighted by molar-refractivity contribution is 0.316. The highest BCUT2D eigenvalue weighted by Gasteiger charge is 2.08. The molecule has 0 fully saturated rings. The maximum Gasteiger partial charge on any atom is 0.124 e. The first kappa shape index (κ1) is 13.1. The van der Waals surface area contributed by atoms with E-state index in [1.54, 1.807) is 11.3 Å². The number of ether oxygens (including phenoxy) is 1. The van der Waals surface area contributed by atoms with Gasteiger partial charge in [-0.25, -0.2) is 0 Å². The van der Waals surface area contributed by atoms with Gasteiger partial charge in [0.1, 0.15) is 5.75 Å². The van der Waals surface area contributed by atoms with Crippen molar-refractivity contribution < 1.29 is 4.74 Å². The van der Waals surface area contributed by atoms with E-state index in [0.717, 1.165) is 18.8 Å². The van der Waals surface area contributed by atoms with Gasteiger partial charge in [0.2, 0.25) is 0 Å². The molecule has 96 valence electrons. The fraction of sp³-hybridized carbons (Fsp3) is 0.333. The second-order valence-corrected chi connectivity index (χ2v) is 5.06. The van der Waals surface area contributed by atoms with E-state index in [2.05, 4.69) is 41.2 Å². The molecule has 2 rings (SSSR count). The second kappa shape index (κ2) is 6.57. The van der Waals surface area contributed by atoms with Crippen molar-refractivity contribution >= 4 is 11.3 Å². The van der Waals surface area contributed by atoms with E-state index in [4.69, 9.17) is 4.74 Å². The van der Waals surface area contributed by atoms with Gasteiger partial charge in [-0.15, -0.1) is 0 Å². The second-order valence-electron chi connectivity index (χ2n) is 4.28. The summed E-state index contributed by atoms with van der Waals surface area (Å²) in [6, 6.07) is 10.7. The quantitative estimate of drug-likeness (QED) is 0.857. The summed E-state index contributed by atoms with van der Waals surface area (Å²) in [5.41, 5.74) is 2.56. The monoisotopic (exact) mass is 261 g/mol. The molecule has 3 heteroatoms. The first-order valence-corrected chi connectivity index (χ1v) is 7.15. The first-order valence-electron chi connectivity index (χ1n) is 6.21. The van der Waals surface area contributed by atoms with Crippen LogP contribution in [0.2, 0.25) is 0 Å². The topological polar surface area (TPSA) is 21.3 Å². The van der Waals surface area contributed by atoms with Gasteiger partial charge in [-0.3, -0.25) is 0 Å². The Kier molecular flexibility index (Phi) is 4.79. The van der Waals surface area contributed by atoms with Crippen molar-refractivity contribution in [2.24, 2.45) is 0 Å². The van der Waals surface area contributed by atoms with E-state index < -0.39 is 0 Å². The SMILES string of the molecule is CNC(C)c1ccccc1OCCc1ccsc1.